The molecule has 0 spiro atoms. The lowest BCUT2D eigenvalue weighted by Crippen LogP contribution is -2.22. The number of benzene rings is 1. The van der Waals surface area contributed by atoms with Gasteiger partial charge in [-0.2, -0.15) is 13.3 Å². The number of hydrogen-bond donors (Lipinski definition) is 0. The first-order chi connectivity index (χ1) is 11.5. The normalized spacial score (nSPS) is 18.5. The van der Waals surface area contributed by atoms with Crippen LogP contribution in [-0.4, -0.2) is 32.9 Å². The summed E-state index contributed by atoms with van der Waals surface area (Å²) < 4.78 is 27.8. The number of hydrogen-bond acceptors (Lipinski definition) is 4. The van der Waals surface area contributed by atoms with Crippen molar-refractivity contribution in [2.75, 3.05) is 18.0 Å². The van der Waals surface area contributed by atoms with Crippen LogP contribution in [0, 0.1) is 0 Å². The fourth-order valence-corrected chi connectivity index (χ4v) is 3.21. The predicted octanol–water partition coefficient (Wildman–Crippen LogP) is 3.41. The summed E-state index contributed by atoms with van der Waals surface area (Å²) in [7, 11) is 0. The second-order valence-corrected chi connectivity index (χ2v) is 6.30. The summed E-state index contributed by atoms with van der Waals surface area (Å²) in [6, 6.07) is 13.6. The van der Waals surface area contributed by atoms with Crippen LogP contribution < -0.4 is 4.90 Å². The number of aromatic nitrogens is 4. The summed E-state index contributed by atoms with van der Waals surface area (Å²) in [4.78, 5) is 2.08. The fraction of sp³-hybridized carbons (Fsp3) is 0.312. The van der Waals surface area contributed by atoms with Crippen LogP contribution in [0.1, 0.15) is 23.7 Å². The molecule has 0 aliphatic carbocycles. The summed E-state index contributed by atoms with van der Waals surface area (Å²) in [5.74, 6) is 0.348. The van der Waals surface area contributed by atoms with E-state index in [1.165, 1.54) is 5.56 Å². The Bertz CT molecular complexity index is 862. The number of halogens is 3. The van der Waals surface area contributed by atoms with Crippen molar-refractivity contribution >= 4 is 23.1 Å². The van der Waals surface area contributed by atoms with E-state index in [9.17, 15) is 8.78 Å². The summed E-state index contributed by atoms with van der Waals surface area (Å²) in [5, 5.41) is 7.79. The van der Waals surface area contributed by atoms with Crippen molar-refractivity contribution in [3.63, 3.8) is 0 Å². The van der Waals surface area contributed by atoms with Crippen LogP contribution in [0.25, 0.3) is 5.65 Å². The highest BCUT2D eigenvalue weighted by Crippen LogP contribution is 2.32. The number of fused-ring (bicyclic) bond motifs is 1. The van der Waals surface area contributed by atoms with E-state index in [-0.39, 0.29) is 5.65 Å². The topological polar surface area (TPSA) is 46.3 Å². The maximum absolute atomic E-state index is 13.4. The second kappa shape index (κ2) is 5.66. The molecule has 3 heterocycles. The van der Waals surface area contributed by atoms with Gasteiger partial charge in [0.05, 0.1) is 0 Å². The van der Waals surface area contributed by atoms with E-state index in [1.807, 2.05) is 18.2 Å². The van der Waals surface area contributed by atoms with Crippen molar-refractivity contribution in [3.8, 4) is 0 Å². The van der Waals surface area contributed by atoms with Crippen LogP contribution in [0.3, 0.4) is 0 Å². The first-order valence-corrected chi connectivity index (χ1v) is 8.00. The Labute approximate surface area is 141 Å². The molecule has 5 nitrogen and oxygen atoms in total. The Morgan fingerprint density at radius 2 is 1.88 bits per heavy atom. The molecule has 4 rings (SSSR count). The van der Waals surface area contributed by atoms with Crippen LogP contribution in [0.15, 0.2) is 42.5 Å². The summed E-state index contributed by atoms with van der Waals surface area (Å²) in [6.45, 7) is 1.60. The van der Waals surface area contributed by atoms with Crippen LogP contribution in [-0.2, 0) is 5.38 Å². The zero-order valence-corrected chi connectivity index (χ0v) is 13.4. The quantitative estimate of drug-likeness (QED) is 0.680. The number of anilines is 1. The van der Waals surface area contributed by atoms with Gasteiger partial charge in [0, 0.05) is 19.0 Å². The molecule has 1 aliphatic rings. The van der Waals surface area contributed by atoms with Crippen molar-refractivity contribution in [3.05, 3.63) is 53.9 Å². The molecule has 1 fully saturated rings. The molecule has 24 heavy (non-hydrogen) atoms. The van der Waals surface area contributed by atoms with Gasteiger partial charge in [0.25, 0.3) is 0 Å². The van der Waals surface area contributed by atoms with Gasteiger partial charge in [-0.05, 0) is 35.7 Å². The van der Waals surface area contributed by atoms with Crippen LogP contribution >= 0.6 is 11.6 Å². The summed E-state index contributed by atoms with van der Waals surface area (Å²) >= 11 is 5.08. The Balaban J connectivity index is 1.63. The maximum Gasteiger partial charge on any atom is 0.383 e. The van der Waals surface area contributed by atoms with Crippen molar-refractivity contribution in [1.29, 1.82) is 0 Å². The lowest BCUT2D eigenvalue weighted by atomic mass is 9.99. The highest BCUT2D eigenvalue weighted by molar-refractivity contribution is 6.21. The zero-order chi connectivity index (χ0) is 16.7. The third-order valence-corrected chi connectivity index (χ3v) is 4.45. The Morgan fingerprint density at radius 1 is 1.08 bits per heavy atom. The lowest BCUT2D eigenvalue weighted by Gasteiger charge is -2.18. The molecule has 124 valence electrons. The SMILES string of the molecule is FC(F)(Cl)c1nnc2ccc(N3CCC(c4ccccc4)C3)nn12. The minimum atomic E-state index is -3.61. The molecule has 3 aromatic rings. The van der Waals surface area contributed by atoms with E-state index >= 15 is 0 Å². The van der Waals surface area contributed by atoms with Gasteiger partial charge in [-0.15, -0.1) is 15.3 Å². The highest BCUT2D eigenvalue weighted by atomic mass is 35.5. The van der Waals surface area contributed by atoms with Crippen LogP contribution in [0.5, 0.6) is 0 Å². The number of rotatable bonds is 3. The number of nitrogens with zero attached hydrogens (tertiary/aromatic N) is 5. The third kappa shape index (κ3) is 2.69. The molecule has 0 saturated carbocycles. The first kappa shape index (κ1) is 15.3. The molecule has 1 unspecified atom stereocenters. The van der Waals surface area contributed by atoms with Gasteiger partial charge in [0.15, 0.2) is 5.65 Å². The van der Waals surface area contributed by atoms with Gasteiger partial charge in [-0.25, -0.2) is 0 Å². The van der Waals surface area contributed by atoms with Gasteiger partial charge >= 0.3 is 5.38 Å². The molecule has 1 aliphatic heterocycles. The molecule has 0 N–H and O–H groups in total. The molecule has 0 amide bonds. The third-order valence-electron chi connectivity index (χ3n) is 4.29. The molecular formula is C16H14ClF2N5. The molecule has 1 saturated heterocycles. The zero-order valence-electron chi connectivity index (χ0n) is 12.6. The largest absolute Gasteiger partial charge is 0.383 e. The van der Waals surface area contributed by atoms with E-state index in [4.69, 9.17) is 11.6 Å². The van der Waals surface area contributed by atoms with Crippen LogP contribution in [0.4, 0.5) is 14.6 Å². The molecule has 0 bridgehead atoms. The molecule has 2 aromatic heterocycles. The predicted molar refractivity (Wildman–Crippen MR) is 86.5 cm³/mol. The second-order valence-electron chi connectivity index (χ2n) is 5.83. The Hall–Kier alpha value is -2.28. The lowest BCUT2D eigenvalue weighted by molar-refractivity contribution is 0.0820. The van der Waals surface area contributed by atoms with Gasteiger partial charge in [0.1, 0.15) is 5.82 Å². The standard InChI is InChI=1S/C16H14ClF2N5/c17-16(18,19)15-21-20-13-6-7-14(22-24(13)15)23-9-8-12(10-23)11-4-2-1-3-5-11/h1-7,12H,8-10H2. The molecular weight excluding hydrogens is 336 g/mol. The van der Waals surface area contributed by atoms with Gasteiger partial charge in [-0.3, -0.25) is 0 Å². The molecule has 8 heteroatoms. The van der Waals surface area contributed by atoms with Crippen molar-refractivity contribution in [2.45, 2.75) is 17.7 Å². The van der Waals surface area contributed by atoms with Crippen molar-refractivity contribution in [2.24, 2.45) is 0 Å². The first-order valence-electron chi connectivity index (χ1n) is 7.62. The average molecular weight is 350 g/mol. The number of alkyl halides is 3. The minimum absolute atomic E-state index is 0.243. The van der Waals surface area contributed by atoms with E-state index in [0.29, 0.717) is 11.7 Å². The van der Waals surface area contributed by atoms with E-state index < -0.39 is 11.2 Å². The molecule has 1 aromatic carbocycles. The average Bonchev–Trinajstić information content (AvgIpc) is 3.21. The highest BCUT2D eigenvalue weighted by Gasteiger charge is 2.35. The van der Waals surface area contributed by atoms with Crippen LogP contribution in [0.2, 0.25) is 0 Å². The smallest absolute Gasteiger partial charge is 0.355 e. The summed E-state index contributed by atoms with van der Waals surface area (Å²) in [5.41, 5.74) is 1.52. The Kier molecular flexibility index (Phi) is 3.60. The summed E-state index contributed by atoms with van der Waals surface area (Å²) in [6.07, 6.45) is 0.991. The van der Waals surface area contributed by atoms with E-state index in [1.54, 1.807) is 12.1 Å². The monoisotopic (exact) mass is 349 g/mol. The van der Waals surface area contributed by atoms with Gasteiger partial charge < -0.3 is 4.90 Å². The Morgan fingerprint density at radius 3 is 2.62 bits per heavy atom. The fourth-order valence-electron chi connectivity index (χ4n) is 3.09. The van der Waals surface area contributed by atoms with Gasteiger partial charge in [0.2, 0.25) is 5.82 Å². The van der Waals surface area contributed by atoms with E-state index in [0.717, 1.165) is 24.0 Å². The van der Waals surface area contributed by atoms with Crippen molar-refractivity contribution in [1.82, 2.24) is 19.8 Å². The minimum Gasteiger partial charge on any atom is -0.355 e. The molecule has 1 atom stereocenters. The molecule has 0 radical (unpaired) electrons. The van der Waals surface area contributed by atoms with Gasteiger partial charge in [-0.1, -0.05) is 30.3 Å². The maximum atomic E-state index is 13.4. The van der Waals surface area contributed by atoms with E-state index in [2.05, 4.69) is 32.3 Å². The van der Waals surface area contributed by atoms with Crippen molar-refractivity contribution < 1.29 is 8.78 Å².